The van der Waals surface area contributed by atoms with E-state index >= 15 is 0 Å². The third kappa shape index (κ3) is 2.38. The summed E-state index contributed by atoms with van der Waals surface area (Å²) in [6.45, 7) is 4.97. The van der Waals surface area contributed by atoms with Crippen molar-refractivity contribution >= 4 is 10.8 Å². The highest BCUT2D eigenvalue weighted by molar-refractivity contribution is 6.05. The molecule has 4 rings (SSSR count). The molecule has 0 aromatic heterocycles. The van der Waals surface area contributed by atoms with Crippen LogP contribution in [0.5, 0.6) is 11.5 Å². The Kier molecular flexibility index (Phi) is 4.12. The van der Waals surface area contributed by atoms with E-state index in [-0.39, 0.29) is 5.75 Å². The zero-order valence-corrected chi connectivity index (χ0v) is 15.5. The molecule has 0 radical (unpaired) electrons. The van der Waals surface area contributed by atoms with Gasteiger partial charge in [0.05, 0.1) is 7.11 Å². The number of aromatic hydroxyl groups is 1. The molecule has 1 atom stereocenters. The Balaban J connectivity index is 2.00. The van der Waals surface area contributed by atoms with E-state index in [9.17, 15) is 5.11 Å². The summed E-state index contributed by atoms with van der Waals surface area (Å²) in [5.41, 5.74) is 3.97. The van der Waals surface area contributed by atoms with E-state index in [0.29, 0.717) is 6.61 Å². The van der Waals surface area contributed by atoms with Crippen molar-refractivity contribution in [1.82, 2.24) is 0 Å². The van der Waals surface area contributed by atoms with E-state index in [1.807, 2.05) is 24.3 Å². The Morgan fingerprint density at radius 2 is 1.81 bits per heavy atom. The van der Waals surface area contributed by atoms with Crippen molar-refractivity contribution < 1.29 is 14.6 Å². The number of rotatable bonds is 5. The molecule has 3 nitrogen and oxygen atoms in total. The maximum absolute atomic E-state index is 10.7. The first-order chi connectivity index (χ1) is 12.6. The van der Waals surface area contributed by atoms with E-state index in [0.717, 1.165) is 46.1 Å². The van der Waals surface area contributed by atoms with Gasteiger partial charge < -0.3 is 14.6 Å². The average molecular weight is 348 g/mol. The van der Waals surface area contributed by atoms with Gasteiger partial charge in [-0.3, -0.25) is 0 Å². The van der Waals surface area contributed by atoms with E-state index in [1.165, 1.54) is 5.56 Å². The second-order valence-electron chi connectivity index (χ2n) is 7.01. The highest BCUT2D eigenvalue weighted by atomic mass is 16.5. The molecule has 134 valence electrons. The number of phenolic OH excluding ortho intramolecular Hbond substituents is 1. The largest absolute Gasteiger partial charge is 0.507 e. The number of fused-ring (bicyclic) bond motifs is 5. The second-order valence-corrected chi connectivity index (χ2v) is 7.01. The molecule has 0 aliphatic heterocycles. The van der Waals surface area contributed by atoms with Crippen LogP contribution in [0, 0.1) is 0 Å². The molecule has 0 saturated carbocycles. The smallest absolute Gasteiger partial charge is 0.123 e. The van der Waals surface area contributed by atoms with Crippen molar-refractivity contribution in [3.05, 3.63) is 59.7 Å². The summed E-state index contributed by atoms with van der Waals surface area (Å²) in [5.74, 6) is 0.997. The lowest BCUT2D eigenvalue weighted by atomic mass is 9.91. The summed E-state index contributed by atoms with van der Waals surface area (Å²) in [4.78, 5) is 0. The van der Waals surface area contributed by atoms with Crippen LogP contribution in [0.3, 0.4) is 0 Å². The number of ether oxygens (including phenoxy) is 2. The van der Waals surface area contributed by atoms with Crippen LogP contribution >= 0.6 is 0 Å². The van der Waals surface area contributed by atoms with Crippen LogP contribution in [0.15, 0.2) is 48.5 Å². The standard InChI is InChI=1S/C23H24O3/c1-4-5-12-26-23(2)19-9-7-6-8-17(19)22-16-11-10-15(25-3)13-18(16)21(24)14-20(22)23/h6-11,13-14,24H,4-5,12H2,1-3H3. The fourth-order valence-corrected chi connectivity index (χ4v) is 4.02. The molecule has 1 unspecified atom stereocenters. The Morgan fingerprint density at radius 1 is 1.00 bits per heavy atom. The zero-order valence-electron chi connectivity index (χ0n) is 15.5. The summed E-state index contributed by atoms with van der Waals surface area (Å²) in [6, 6.07) is 16.1. The minimum Gasteiger partial charge on any atom is -0.507 e. The summed E-state index contributed by atoms with van der Waals surface area (Å²) in [5, 5.41) is 12.6. The number of benzene rings is 3. The van der Waals surface area contributed by atoms with E-state index < -0.39 is 5.60 Å². The minimum absolute atomic E-state index is 0.260. The summed E-state index contributed by atoms with van der Waals surface area (Å²) in [6.07, 6.45) is 2.11. The maximum Gasteiger partial charge on any atom is 0.123 e. The molecule has 1 N–H and O–H groups in total. The van der Waals surface area contributed by atoms with Crippen molar-refractivity contribution in [2.75, 3.05) is 13.7 Å². The molecule has 1 aliphatic carbocycles. The lowest BCUT2D eigenvalue weighted by Gasteiger charge is -2.28. The molecule has 3 aromatic rings. The molecular weight excluding hydrogens is 324 g/mol. The molecular formula is C23H24O3. The molecule has 3 heteroatoms. The molecule has 3 aromatic carbocycles. The summed E-state index contributed by atoms with van der Waals surface area (Å²) < 4.78 is 11.7. The van der Waals surface area contributed by atoms with Gasteiger partial charge in [0.15, 0.2) is 0 Å². The van der Waals surface area contributed by atoms with Gasteiger partial charge in [-0.05, 0) is 59.7 Å². The Morgan fingerprint density at radius 3 is 2.58 bits per heavy atom. The molecule has 0 spiro atoms. The monoisotopic (exact) mass is 348 g/mol. The quantitative estimate of drug-likeness (QED) is 0.609. The molecule has 0 fully saturated rings. The van der Waals surface area contributed by atoms with Gasteiger partial charge in [0, 0.05) is 17.6 Å². The number of unbranched alkanes of at least 4 members (excludes halogenated alkanes) is 1. The van der Waals surface area contributed by atoms with Crippen LogP contribution in [0.1, 0.15) is 37.8 Å². The zero-order chi connectivity index (χ0) is 18.3. The molecule has 0 saturated heterocycles. The first kappa shape index (κ1) is 16.9. The summed E-state index contributed by atoms with van der Waals surface area (Å²) >= 11 is 0. The van der Waals surface area contributed by atoms with Gasteiger partial charge in [-0.1, -0.05) is 37.6 Å². The van der Waals surface area contributed by atoms with Gasteiger partial charge in [0.1, 0.15) is 17.1 Å². The highest BCUT2D eigenvalue weighted by Gasteiger charge is 2.41. The topological polar surface area (TPSA) is 38.7 Å². The molecule has 26 heavy (non-hydrogen) atoms. The van der Waals surface area contributed by atoms with Crippen molar-refractivity contribution in [2.45, 2.75) is 32.3 Å². The predicted octanol–water partition coefficient (Wildman–Crippen LogP) is 5.61. The molecule has 1 aliphatic rings. The van der Waals surface area contributed by atoms with Crippen molar-refractivity contribution in [2.24, 2.45) is 0 Å². The van der Waals surface area contributed by atoms with Gasteiger partial charge in [-0.15, -0.1) is 0 Å². The number of hydrogen-bond donors (Lipinski definition) is 1. The molecule has 0 bridgehead atoms. The number of methoxy groups -OCH3 is 1. The first-order valence-electron chi connectivity index (χ1n) is 9.18. The predicted molar refractivity (Wildman–Crippen MR) is 105 cm³/mol. The minimum atomic E-state index is -0.549. The Bertz CT molecular complexity index is 977. The third-order valence-electron chi connectivity index (χ3n) is 5.44. The Hall–Kier alpha value is -2.52. The summed E-state index contributed by atoms with van der Waals surface area (Å²) in [7, 11) is 1.64. The van der Waals surface area contributed by atoms with Crippen LogP contribution in [0.4, 0.5) is 0 Å². The number of hydrogen-bond acceptors (Lipinski definition) is 3. The SMILES string of the molecule is CCCCOC1(C)c2ccccc2-c2c1cc(O)c1cc(OC)ccc21. The molecule has 0 amide bonds. The van der Waals surface area contributed by atoms with Crippen LogP contribution in [0.25, 0.3) is 21.9 Å². The van der Waals surface area contributed by atoms with Crippen LogP contribution in [-0.2, 0) is 10.3 Å². The fourth-order valence-electron chi connectivity index (χ4n) is 4.02. The average Bonchev–Trinajstić information content (AvgIpc) is 2.91. The van der Waals surface area contributed by atoms with Crippen molar-refractivity contribution in [1.29, 1.82) is 0 Å². The van der Waals surface area contributed by atoms with Gasteiger partial charge in [-0.2, -0.15) is 0 Å². The van der Waals surface area contributed by atoms with Gasteiger partial charge in [-0.25, -0.2) is 0 Å². The van der Waals surface area contributed by atoms with Gasteiger partial charge in [0.25, 0.3) is 0 Å². The number of phenols is 1. The normalized spacial score (nSPS) is 18.0. The van der Waals surface area contributed by atoms with Gasteiger partial charge >= 0.3 is 0 Å². The van der Waals surface area contributed by atoms with Crippen molar-refractivity contribution in [3.8, 4) is 22.6 Å². The van der Waals surface area contributed by atoms with Gasteiger partial charge in [0.2, 0.25) is 0 Å². The fraction of sp³-hybridized carbons (Fsp3) is 0.304. The highest BCUT2D eigenvalue weighted by Crippen LogP contribution is 2.53. The van der Waals surface area contributed by atoms with Crippen LogP contribution < -0.4 is 4.74 Å². The Labute approximate surface area is 154 Å². The molecule has 0 heterocycles. The second kappa shape index (κ2) is 6.33. The van der Waals surface area contributed by atoms with Crippen LogP contribution in [-0.4, -0.2) is 18.8 Å². The maximum atomic E-state index is 10.7. The lowest BCUT2D eigenvalue weighted by molar-refractivity contribution is -0.00228. The van der Waals surface area contributed by atoms with Crippen LogP contribution in [0.2, 0.25) is 0 Å². The third-order valence-corrected chi connectivity index (χ3v) is 5.44. The van der Waals surface area contributed by atoms with E-state index in [1.54, 1.807) is 7.11 Å². The first-order valence-corrected chi connectivity index (χ1v) is 9.18. The lowest BCUT2D eigenvalue weighted by Crippen LogP contribution is -2.25. The van der Waals surface area contributed by atoms with Crippen molar-refractivity contribution in [3.63, 3.8) is 0 Å². The van der Waals surface area contributed by atoms with E-state index in [4.69, 9.17) is 9.47 Å². The van der Waals surface area contributed by atoms with E-state index in [2.05, 4.69) is 38.1 Å².